The predicted octanol–water partition coefficient (Wildman–Crippen LogP) is 2.26. The third-order valence-corrected chi connectivity index (χ3v) is 4.10. The molecule has 0 aromatic carbocycles. The van der Waals surface area contributed by atoms with Crippen LogP contribution in [0.2, 0.25) is 5.02 Å². The minimum Gasteiger partial charge on any atom is -0.367 e. The summed E-state index contributed by atoms with van der Waals surface area (Å²) >= 11 is 6.18. The van der Waals surface area contributed by atoms with Crippen LogP contribution in [0.3, 0.4) is 0 Å². The van der Waals surface area contributed by atoms with Crippen LogP contribution in [-0.2, 0) is 11.3 Å². The van der Waals surface area contributed by atoms with Gasteiger partial charge in [0.05, 0.1) is 18.2 Å². The largest absolute Gasteiger partial charge is 0.367 e. The van der Waals surface area contributed by atoms with Gasteiger partial charge in [-0.1, -0.05) is 18.5 Å². The van der Waals surface area contributed by atoms with E-state index in [0.29, 0.717) is 30.5 Å². The molecule has 3 rings (SSSR count). The van der Waals surface area contributed by atoms with Crippen LogP contribution in [0.4, 0.5) is 0 Å². The molecule has 0 aliphatic carbocycles. The molecule has 0 N–H and O–H groups in total. The van der Waals surface area contributed by atoms with Gasteiger partial charge in [-0.25, -0.2) is 9.97 Å². The van der Waals surface area contributed by atoms with Gasteiger partial charge in [-0.15, -0.1) is 0 Å². The Morgan fingerprint density at radius 3 is 3.08 bits per heavy atom. The van der Waals surface area contributed by atoms with Gasteiger partial charge in [0.25, 0.3) is 5.91 Å². The number of ether oxygens (including phenoxy) is 1. The van der Waals surface area contributed by atoms with Crippen LogP contribution in [-0.4, -0.2) is 50.3 Å². The number of hydrogen-bond donors (Lipinski definition) is 0. The summed E-state index contributed by atoms with van der Waals surface area (Å²) < 4.78 is 7.44. The molecule has 1 saturated heterocycles. The standard InChI is InChI=1S/C16H20ClN5O2/c1-3-6-22-9-12(17)14(20-22)16(23)21-7-8-24-13(10-21)15-18-5-4-11(2)19-15/h4-5,9,13H,3,6-8,10H2,1-2H3/t13-/m0/s1. The molecule has 24 heavy (non-hydrogen) atoms. The molecule has 1 aliphatic rings. The molecule has 1 atom stereocenters. The highest BCUT2D eigenvalue weighted by Crippen LogP contribution is 2.22. The zero-order valence-corrected chi connectivity index (χ0v) is 14.5. The normalized spacial score (nSPS) is 18.0. The fourth-order valence-corrected chi connectivity index (χ4v) is 2.88. The van der Waals surface area contributed by atoms with Crippen LogP contribution >= 0.6 is 11.6 Å². The van der Waals surface area contributed by atoms with E-state index in [2.05, 4.69) is 15.1 Å². The molecule has 1 amide bonds. The Kier molecular flexibility index (Phi) is 5.11. The summed E-state index contributed by atoms with van der Waals surface area (Å²) in [6.07, 6.45) is 3.99. The van der Waals surface area contributed by atoms with Crippen molar-refractivity contribution in [1.82, 2.24) is 24.6 Å². The molecule has 3 heterocycles. The number of morpholine rings is 1. The lowest BCUT2D eigenvalue weighted by Crippen LogP contribution is -2.43. The van der Waals surface area contributed by atoms with Crippen LogP contribution in [0, 0.1) is 6.92 Å². The molecule has 0 radical (unpaired) electrons. The van der Waals surface area contributed by atoms with Crippen molar-refractivity contribution < 1.29 is 9.53 Å². The second-order valence-electron chi connectivity index (χ2n) is 5.76. The Bertz CT molecular complexity index is 733. The second kappa shape index (κ2) is 7.27. The van der Waals surface area contributed by atoms with E-state index in [4.69, 9.17) is 16.3 Å². The van der Waals surface area contributed by atoms with Gasteiger partial charge >= 0.3 is 0 Å². The average Bonchev–Trinajstić information content (AvgIpc) is 2.95. The van der Waals surface area contributed by atoms with E-state index < -0.39 is 0 Å². The highest BCUT2D eigenvalue weighted by atomic mass is 35.5. The summed E-state index contributed by atoms with van der Waals surface area (Å²) in [5.41, 5.74) is 1.16. The molecular formula is C16H20ClN5O2. The van der Waals surface area contributed by atoms with E-state index in [1.165, 1.54) is 0 Å². The van der Waals surface area contributed by atoms with Gasteiger partial charge < -0.3 is 9.64 Å². The van der Waals surface area contributed by atoms with Crippen LogP contribution in [0.1, 0.15) is 41.5 Å². The van der Waals surface area contributed by atoms with E-state index in [9.17, 15) is 4.79 Å². The van der Waals surface area contributed by atoms with Crippen molar-refractivity contribution >= 4 is 17.5 Å². The van der Waals surface area contributed by atoms with Crippen LogP contribution in [0.25, 0.3) is 0 Å². The fourth-order valence-electron chi connectivity index (χ4n) is 2.65. The summed E-state index contributed by atoms with van der Waals surface area (Å²) in [6.45, 7) is 6.00. The van der Waals surface area contributed by atoms with E-state index >= 15 is 0 Å². The lowest BCUT2D eigenvalue weighted by atomic mass is 10.2. The van der Waals surface area contributed by atoms with Crippen LogP contribution < -0.4 is 0 Å². The molecule has 8 heteroatoms. The first-order valence-corrected chi connectivity index (χ1v) is 8.39. The Morgan fingerprint density at radius 2 is 2.33 bits per heavy atom. The van der Waals surface area contributed by atoms with Crippen molar-refractivity contribution in [2.75, 3.05) is 19.7 Å². The summed E-state index contributed by atoms with van der Waals surface area (Å²) in [5, 5.41) is 4.69. The van der Waals surface area contributed by atoms with Gasteiger partial charge in [0.2, 0.25) is 0 Å². The lowest BCUT2D eigenvalue weighted by Gasteiger charge is -2.31. The maximum Gasteiger partial charge on any atom is 0.276 e. The minimum absolute atomic E-state index is 0.184. The monoisotopic (exact) mass is 349 g/mol. The van der Waals surface area contributed by atoms with Crippen molar-refractivity contribution in [1.29, 1.82) is 0 Å². The zero-order chi connectivity index (χ0) is 17.1. The first-order chi connectivity index (χ1) is 11.6. The molecule has 128 valence electrons. The summed E-state index contributed by atoms with van der Waals surface area (Å²) in [7, 11) is 0. The van der Waals surface area contributed by atoms with Crippen molar-refractivity contribution in [3.05, 3.63) is 40.7 Å². The van der Waals surface area contributed by atoms with Gasteiger partial charge in [-0.05, 0) is 19.4 Å². The zero-order valence-electron chi connectivity index (χ0n) is 13.8. The number of aromatic nitrogens is 4. The molecular weight excluding hydrogens is 330 g/mol. The van der Waals surface area contributed by atoms with E-state index in [1.807, 2.05) is 19.9 Å². The predicted molar refractivity (Wildman–Crippen MR) is 88.9 cm³/mol. The number of amides is 1. The topological polar surface area (TPSA) is 73.1 Å². The van der Waals surface area contributed by atoms with Crippen molar-refractivity contribution in [2.45, 2.75) is 32.9 Å². The van der Waals surface area contributed by atoms with E-state index in [1.54, 1.807) is 22.0 Å². The Labute approximate surface area is 145 Å². The summed E-state index contributed by atoms with van der Waals surface area (Å²) in [4.78, 5) is 23.1. The van der Waals surface area contributed by atoms with Crippen LogP contribution in [0.5, 0.6) is 0 Å². The molecule has 0 spiro atoms. The highest BCUT2D eigenvalue weighted by molar-refractivity contribution is 6.33. The number of halogens is 1. The number of hydrogen-bond acceptors (Lipinski definition) is 5. The highest BCUT2D eigenvalue weighted by Gasteiger charge is 2.30. The molecule has 1 fully saturated rings. The van der Waals surface area contributed by atoms with Gasteiger partial charge in [0.1, 0.15) is 6.10 Å². The molecule has 0 saturated carbocycles. The van der Waals surface area contributed by atoms with Gasteiger partial charge in [-0.3, -0.25) is 9.48 Å². The molecule has 7 nitrogen and oxygen atoms in total. The number of rotatable bonds is 4. The smallest absolute Gasteiger partial charge is 0.276 e. The third-order valence-electron chi connectivity index (χ3n) is 3.83. The molecule has 2 aromatic rings. The van der Waals surface area contributed by atoms with Crippen molar-refractivity contribution in [3.63, 3.8) is 0 Å². The number of carbonyl (C=O) groups excluding carboxylic acids is 1. The van der Waals surface area contributed by atoms with Crippen LogP contribution in [0.15, 0.2) is 18.5 Å². The lowest BCUT2D eigenvalue weighted by molar-refractivity contribution is -0.0270. The first kappa shape index (κ1) is 16.9. The van der Waals surface area contributed by atoms with E-state index in [0.717, 1.165) is 18.7 Å². The molecule has 1 aliphatic heterocycles. The SMILES string of the molecule is CCCn1cc(Cl)c(C(=O)N2CCO[C@H](c3nccc(C)n3)C2)n1. The quantitative estimate of drug-likeness (QED) is 0.846. The van der Waals surface area contributed by atoms with Gasteiger partial charge in [0, 0.05) is 31.2 Å². The minimum atomic E-state index is -0.334. The number of aryl methyl sites for hydroxylation is 2. The van der Waals surface area contributed by atoms with E-state index in [-0.39, 0.29) is 17.7 Å². The van der Waals surface area contributed by atoms with Crippen molar-refractivity contribution in [2.24, 2.45) is 0 Å². The molecule has 0 bridgehead atoms. The second-order valence-corrected chi connectivity index (χ2v) is 6.16. The average molecular weight is 350 g/mol. The molecule has 2 aromatic heterocycles. The van der Waals surface area contributed by atoms with Crippen molar-refractivity contribution in [3.8, 4) is 0 Å². The number of nitrogens with zero attached hydrogens (tertiary/aromatic N) is 5. The fraction of sp³-hybridized carbons (Fsp3) is 0.500. The summed E-state index contributed by atoms with van der Waals surface area (Å²) in [6, 6.07) is 1.83. The Balaban J connectivity index is 1.75. The Morgan fingerprint density at radius 1 is 1.50 bits per heavy atom. The third kappa shape index (κ3) is 3.57. The van der Waals surface area contributed by atoms with Gasteiger partial charge in [-0.2, -0.15) is 5.10 Å². The number of carbonyl (C=O) groups is 1. The Hall–Kier alpha value is -1.99. The summed E-state index contributed by atoms with van der Waals surface area (Å²) in [5.74, 6) is 0.408. The first-order valence-electron chi connectivity index (χ1n) is 8.02. The maximum absolute atomic E-state index is 12.8. The maximum atomic E-state index is 12.8. The van der Waals surface area contributed by atoms with Gasteiger partial charge in [0.15, 0.2) is 11.5 Å². The molecule has 0 unspecified atom stereocenters.